The van der Waals surface area contributed by atoms with E-state index in [9.17, 15) is 51.1 Å². The Labute approximate surface area is 182 Å². The quantitative estimate of drug-likeness (QED) is 0.173. The maximum Gasteiger partial charge on any atom is 0.187 e. The average molecular weight is 472 g/mol. The molecular formula is C18H32O14. The molecule has 14 heteroatoms. The predicted octanol–water partition coefficient (Wildman–Crippen LogP) is -6.13. The molecule has 0 unspecified atom stereocenters. The fourth-order valence-corrected chi connectivity index (χ4v) is 4.11. The van der Waals surface area contributed by atoms with Crippen LogP contribution < -0.4 is 0 Å². The molecule has 0 aromatic rings. The van der Waals surface area contributed by atoms with Crippen molar-refractivity contribution in [3.63, 3.8) is 0 Å². The zero-order chi connectivity index (χ0) is 23.7. The molecule has 14 atom stereocenters. The van der Waals surface area contributed by atoms with Gasteiger partial charge in [0.2, 0.25) is 0 Å². The van der Waals surface area contributed by atoms with E-state index in [1.54, 1.807) is 0 Å². The minimum Gasteiger partial charge on any atom is -0.394 e. The van der Waals surface area contributed by atoms with E-state index in [0.717, 1.165) is 0 Å². The lowest BCUT2D eigenvalue weighted by Crippen LogP contribution is -2.65. The predicted molar refractivity (Wildman–Crippen MR) is 98.5 cm³/mol. The summed E-state index contributed by atoms with van der Waals surface area (Å²) in [7, 11) is 0. The van der Waals surface area contributed by atoms with Crippen LogP contribution in [0, 0.1) is 0 Å². The molecule has 3 aliphatic rings. The van der Waals surface area contributed by atoms with Crippen molar-refractivity contribution < 1.29 is 70.0 Å². The molecule has 2 heterocycles. The Hall–Kier alpha value is -0.560. The molecular weight excluding hydrogens is 440 g/mol. The highest BCUT2D eigenvalue weighted by Gasteiger charge is 2.51. The van der Waals surface area contributed by atoms with E-state index < -0.39 is 99.0 Å². The van der Waals surface area contributed by atoms with E-state index in [2.05, 4.69) is 0 Å². The first-order valence-electron chi connectivity index (χ1n) is 10.4. The van der Waals surface area contributed by atoms with Gasteiger partial charge in [-0.1, -0.05) is 0 Å². The maximum absolute atomic E-state index is 10.6. The van der Waals surface area contributed by atoms with Crippen molar-refractivity contribution in [1.82, 2.24) is 0 Å². The molecule has 14 nitrogen and oxygen atoms in total. The molecule has 32 heavy (non-hydrogen) atoms. The summed E-state index contributed by atoms with van der Waals surface area (Å²) in [5, 5.41) is 99.3. The molecule has 2 aliphatic heterocycles. The standard InChI is InChI=1S/C18H32O14/c19-3-7-11(24)12(25)14(27)18(30-7)32-16-8(4-20)31-17(15(28)13(16)26)29-6-2-1-5(21)9(22)10(6)23/h5-28H,1-4H2/t5-,6+,7-,8-,9-,10+,11-,12+,13-,14-,15+,16+,17+,18+/m0/s1. The van der Waals surface area contributed by atoms with Gasteiger partial charge >= 0.3 is 0 Å². The molecule has 0 aromatic heterocycles. The Bertz CT molecular complexity index is 592. The summed E-state index contributed by atoms with van der Waals surface area (Å²) < 4.78 is 21.6. The monoisotopic (exact) mass is 472 g/mol. The van der Waals surface area contributed by atoms with Crippen LogP contribution in [-0.2, 0) is 18.9 Å². The number of hydrogen-bond acceptors (Lipinski definition) is 14. The van der Waals surface area contributed by atoms with Crippen LogP contribution in [0.2, 0.25) is 0 Å². The van der Waals surface area contributed by atoms with Gasteiger partial charge in [0.05, 0.1) is 25.4 Å². The summed E-state index contributed by atoms with van der Waals surface area (Å²) in [6, 6.07) is 0. The van der Waals surface area contributed by atoms with Crippen LogP contribution in [0.15, 0.2) is 0 Å². The highest BCUT2D eigenvalue weighted by Crippen LogP contribution is 2.32. The molecule has 1 aliphatic carbocycles. The Morgan fingerprint density at radius 3 is 1.75 bits per heavy atom. The van der Waals surface area contributed by atoms with Crippen molar-refractivity contribution in [3.05, 3.63) is 0 Å². The normalized spacial score (nSPS) is 52.7. The summed E-state index contributed by atoms with van der Waals surface area (Å²) >= 11 is 0. The highest BCUT2D eigenvalue weighted by atomic mass is 16.7. The summed E-state index contributed by atoms with van der Waals surface area (Å²) in [6.45, 7) is -1.44. The second-order valence-electron chi connectivity index (χ2n) is 8.31. The third-order valence-electron chi connectivity index (χ3n) is 6.14. The van der Waals surface area contributed by atoms with Crippen molar-refractivity contribution in [3.8, 4) is 0 Å². The number of rotatable bonds is 6. The summed E-state index contributed by atoms with van der Waals surface area (Å²) in [4.78, 5) is 0. The van der Waals surface area contributed by atoms with E-state index in [1.807, 2.05) is 0 Å². The smallest absolute Gasteiger partial charge is 0.187 e. The van der Waals surface area contributed by atoms with Crippen molar-refractivity contribution in [2.24, 2.45) is 0 Å². The van der Waals surface area contributed by atoms with Crippen LogP contribution in [0.4, 0.5) is 0 Å². The van der Waals surface area contributed by atoms with Gasteiger partial charge in [0.25, 0.3) is 0 Å². The van der Waals surface area contributed by atoms with Crippen LogP contribution >= 0.6 is 0 Å². The molecule has 188 valence electrons. The van der Waals surface area contributed by atoms with Gasteiger partial charge in [0.15, 0.2) is 12.6 Å². The molecule has 3 rings (SSSR count). The average Bonchev–Trinajstić information content (AvgIpc) is 2.78. The van der Waals surface area contributed by atoms with Gasteiger partial charge < -0.3 is 70.0 Å². The number of aliphatic hydroxyl groups is 10. The first-order chi connectivity index (χ1) is 15.1. The van der Waals surface area contributed by atoms with Gasteiger partial charge in [0.1, 0.15) is 61.0 Å². The Morgan fingerprint density at radius 1 is 0.562 bits per heavy atom. The molecule has 2 saturated heterocycles. The van der Waals surface area contributed by atoms with Crippen LogP contribution in [0.5, 0.6) is 0 Å². The fourth-order valence-electron chi connectivity index (χ4n) is 4.11. The second kappa shape index (κ2) is 10.8. The summed E-state index contributed by atoms with van der Waals surface area (Å²) in [5.41, 5.74) is 0. The largest absolute Gasteiger partial charge is 0.394 e. The maximum atomic E-state index is 10.6. The van der Waals surface area contributed by atoms with E-state index in [0.29, 0.717) is 0 Å². The van der Waals surface area contributed by atoms with Crippen LogP contribution in [0.1, 0.15) is 12.8 Å². The summed E-state index contributed by atoms with van der Waals surface area (Å²) in [6.07, 6.45) is -20.8. The molecule has 0 aromatic carbocycles. The molecule has 0 bridgehead atoms. The van der Waals surface area contributed by atoms with Gasteiger partial charge in [-0.15, -0.1) is 0 Å². The lowest BCUT2D eigenvalue weighted by atomic mass is 9.89. The summed E-state index contributed by atoms with van der Waals surface area (Å²) in [5.74, 6) is 0. The van der Waals surface area contributed by atoms with E-state index in [-0.39, 0.29) is 12.8 Å². The Balaban J connectivity index is 1.67. The zero-order valence-electron chi connectivity index (χ0n) is 17.0. The van der Waals surface area contributed by atoms with Gasteiger partial charge in [-0.05, 0) is 12.8 Å². The van der Waals surface area contributed by atoms with E-state index >= 15 is 0 Å². The second-order valence-corrected chi connectivity index (χ2v) is 8.31. The first-order valence-corrected chi connectivity index (χ1v) is 10.4. The molecule has 10 N–H and O–H groups in total. The minimum atomic E-state index is -1.78. The molecule has 0 amide bonds. The van der Waals surface area contributed by atoms with Gasteiger partial charge in [-0.2, -0.15) is 0 Å². The van der Waals surface area contributed by atoms with Gasteiger partial charge in [-0.3, -0.25) is 0 Å². The highest BCUT2D eigenvalue weighted by molar-refractivity contribution is 4.95. The van der Waals surface area contributed by atoms with Crippen molar-refractivity contribution in [2.45, 2.75) is 98.7 Å². The molecule has 0 radical (unpaired) electrons. The molecule has 1 saturated carbocycles. The topological polar surface area (TPSA) is 239 Å². The van der Waals surface area contributed by atoms with Gasteiger partial charge in [-0.25, -0.2) is 0 Å². The lowest BCUT2D eigenvalue weighted by molar-refractivity contribution is -0.366. The van der Waals surface area contributed by atoms with Crippen LogP contribution in [0.3, 0.4) is 0 Å². The zero-order valence-corrected chi connectivity index (χ0v) is 17.0. The van der Waals surface area contributed by atoms with Crippen molar-refractivity contribution in [1.29, 1.82) is 0 Å². The SMILES string of the molecule is OC[C@@H]1O[C@H](O[C@H]2[C@@H](O)[C@@H](O)[C@H](O[C@@H]3CC[C@H](O)[C@H](O)[C@@H]3O)O[C@H]2CO)[C@@H](O)[C@H](O)[C@H]1O. The third-order valence-corrected chi connectivity index (χ3v) is 6.14. The minimum absolute atomic E-state index is 0.112. The van der Waals surface area contributed by atoms with Gasteiger partial charge in [0, 0.05) is 0 Å². The van der Waals surface area contributed by atoms with Crippen molar-refractivity contribution >= 4 is 0 Å². The Morgan fingerprint density at radius 2 is 1.12 bits per heavy atom. The van der Waals surface area contributed by atoms with E-state index in [1.165, 1.54) is 0 Å². The van der Waals surface area contributed by atoms with Crippen LogP contribution in [0.25, 0.3) is 0 Å². The third kappa shape index (κ3) is 5.08. The van der Waals surface area contributed by atoms with E-state index in [4.69, 9.17) is 18.9 Å². The van der Waals surface area contributed by atoms with Crippen LogP contribution in [-0.4, -0.2) is 150 Å². The molecule has 0 spiro atoms. The lowest BCUT2D eigenvalue weighted by Gasteiger charge is -2.47. The number of hydrogen-bond donors (Lipinski definition) is 10. The Kier molecular flexibility index (Phi) is 8.79. The first kappa shape index (κ1) is 26.1. The fraction of sp³-hybridized carbons (Fsp3) is 1.00. The molecule has 3 fully saturated rings. The number of ether oxygens (including phenoxy) is 4. The van der Waals surface area contributed by atoms with Crippen molar-refractivity contribution in [2.75, 3.05) is 13.2 Å². The number of aliphatic hydroxyl groups excluding tert-OH is 10.